The highest BCUT2D eigenvalue weighted by Gasteiger charge is 2.50. The second-order valence-electron chi connectivity index (χ2n) is 9.05. The molecule has 1 amide bonds. The summed E-state index contributed by atoms with van der Waals surface area (Å²) in [6.45, 7) is 5.97. The number of methoxy groups -OCH3 is 2. The molecular weight excluding hydrogens is 408 g/mol. The van der Waals surface area contributed by atoms with Crippen molar-refractivity contribution < 1.29 is 24.2 Å². The Morgan fingerprint density at radius 3 is 2.25 bits per heavy atom. The van der Waals surface area contributed by atoms with Crippen molar-refractivity contribution in [1.82, 2.24) is 4.98 Å². The third-order valence-electron chi connectivity index (χ3n) is 6.74. The average molecular weight is 441 g/mol. The minimum Gasteiger partial charge on any atom is -0.481 e. The lowest BCUT2D eigenvalue weighted by Gasteiger charge is -2.43. The third kappa shape index (κ3) is 4.29. The Morgan fingerprint density at radius 2 is 1.69 bits per heavy atom. The van der Waals surface area contributed by atoms with Crippen LogP contribution in [-0.4, -0.2) is 36.2 Å². The second-order valence-corrected chi connectivity index (χ2v) is 9.05. The first-order chi connectivity index (χ1) is 15.2. The van der Waals surface area contributed by atoms with Gasteiger partial charge in [-0.3, -0.25) is 9.59 Å². The number of pyridine rings is 1. The number of aliphatic carboxylic acids is 1. The highest BCUT2D eigenvalue weighted by Crippen LogP contribution is 2.49. The Morgan fingerprint density at radius 1 is 1.03 bits per heavy atom. The number of nitrogens with one attached hydrogen (secondary N) is 1. The van der Waals surface area contributed by atoms with Crippen LogP contribution in [0.3, 0.4) is 0 Å². The fourth-order valence-corrected chi connectivity index (χ4v) is 4.53. The minimum atomic E-state index is -0.846. The van der Waals surface area contributed by atoms with Gasteiger partial charge in [0.05, 0.1) is 25.0 Å². The fraction of sp³-hybridized carbons (Fsp3) is 0.480. The fourth-order valence-electron chi connectivity index (χ4n) is 4.53. The van der Waals surface area contributed by atoms with Crippen LogP contribution >= 0.6 is 0 Å². The van der Waals surface area contributed by atoms with Gasteiger partial charge in [-0.05, 0) is 55.7 Å². The Kier molecular flexibility index (Phi) is 6.77. The molecule has 3 rings (SSSR count). The number of benzene rings is 1. The molecule has 0 atom stereocenters. The standard InChI is InChI=1S/C25H32N2O5/c1-16(2)17-8-6-7-9-18(17)25(14-12-24(3,13-15-25)23(29)30)22(28)26-19-10-11-20(31-4)27-21(19)32-5/h6-11,16H,12-15H2,1-5H3,(H,26,28)(H,29,30). The molecule has 172 valence electrons. The van der Waals surface area contributed by atoms with Gasteiger partial charge in [0.1, 0.15) is 5.69 Å². The van der Waals surface area contributed by atoms with Gasteiger partial charge in [0.15, 0.2) is 0 Å². The van der Waals surface area contributed by atoms with Crippen molar-refractivity contribution in [2.45, 2.75) is 57.8 Å². The van der Waals surface area contributed by atoms with Crippen LogP contribution in [0.2, 0.25) is 0 Å². The molecule has 1 aliphatic rings. The van der Waals surface area contributed by atoms with Crippen molar-refractivity contribution in [2.75, 3.05) is 19.5 Å². The van der Waals surface area contributed by atoms with Crippen LogP contribution in [-0.2, 0) is 15.0 Å². The Labute approximate surface area is 189 Å². The molecule has 7 heteroatoms. The molecule has 32 heavy (non-hydrogen) atoms. The van der Waals surface area contributed by atoms with Gasteiger partial charge in [-0.1, -0.05) is 38.1 Å². The van der Waals surface area contributed by atoms with E-state index in [1.54, 1.807) is 19.1 Å². The molecule has 1 fully saturated rings. The second kappa shape index (κ2) is 9.18. The van der Waals surface area contributed by atoms with Crippen LogP contribution in [0.15, 0.2) is 36.4 Å². The molecule has 7 nitrogen and oxygen atoms in total. The molecule has 2 N–H and O–H groups in total. The van der Waals surface area contributed by atoms with Gasteiger partial charge in [-0.25, -0.2) is 0 Å². The summed E-state index contributed by atoms with van der Waals surface area (Å²) < 4.78 is 10.5. The molecule has 0 bridgehead atoms. The summed E-state index contributed by atoms with van der Waals surface area (Å²) >= 11 is 0. The third-order valence-corrected chi connectivity index (χ3v) is 6.74. The lowest BCUT2D eigenvalue weighted by atomic mass is 9.60. The predicted molar refractivity (Wildman–Crippen MR) is 122 cm³/mol. The number of anilines is 1. The first kappa shape index (κ1) is 23.6. The number of carboxylic acid groups (broad SMARTS) is 1. The number of nitrogens with zero attached hydrogens (tertiary/aromatic N) is 1. The first-order valence-corrected chi connectivity index (χ1v) is 10.9. The molecule has 1 aromatic carbocycles. The Bertz CT molecular complexity index is 994. The van der Waals surface area contributed by atoms with Crippen LogP contribution in [0.5, 0.6) is 11.8 Å². The summed E-state index contributed by atoms with van der Waals surface area (Å²) in [5.74, 6) is -0.125. The summed E-state index contributed by atoms with van der Waals surface area (Å²) in [7, 11) is 3.00. The quantitative estimate of drug-likeness (QED) is 0.644. The lowest BCUT2D eigenvalue weighted by molar-refractivity contribution is -0.151. The predicted octanol–water partition coefficient (Wildman–Crippen LogP) is 4.76. The molecule has 1 heterocycles. The number of carbonyl (C=O) groups is 2. The van der Waals surface area contributed by atoms with Crippen LogP contribution < -0.4 is 14.8 Å². The topological polar surface area (TPSA) is 97.8 Å². The normalized spacial score (nSPS) is 22.9. The van der Waals surface area contributed by atoms with E-state index in [1.165, 1.54) is 14.2 Å². The van der Waals surface area contributed by atoms with Crippen LogP contribution in [0.25, 0.3) is 0 Å². The zero-order valence-electron chi connectivity index (χ0n) is 19.4. The molecule has 1 aromatic heterocycles. The molecule has 0 spiro atoms. The van der Waals surface area contributed by atoms with Crippen LogP contribution in [0.1, 0.15) is 63.5 Å². The molecule has 0 aliphatic heterocycles. The summed E-state index contributed by atoms with van der Waals surface area (Å²) in [5.41, 5.74) is 0.824. The number of aromatic nitrogens is 1. The summed E-state index contributed by atoms with van der Waals surface area (Å²) in [5, 5.41) is 12.8. The molecular formula is C25H32N2O5. The van der Waals surface area contributed by atoms with E-state index in [-0.39, 0.29) is 17.7 Å². The maximum atomic E-state index is 13.9. The van der Waals surface area contributed by atoms with E-state index >= 15 is 0 Å². The molecule has 2 aromatic rings. The minimum absolute atomic E-state index is 0.177. The van der Waals surface area contributed by atoms with Crippen molar-refractivity contribution in [1.29, 1.82) is 0 Å². The number of carbonyl (C=O) groups excluding carboxylic acids is 1. The number of amides is 1. The van der Waals surface area contributed by atoms with Crippen molar-refractivity contribution >= 4 is 17.6 Å². The number of hydrogen-bond acceptors (Lipinski definition) is 5. The maximum absolute atomic E-state index is 13.9. The number of ether oxygens (including phenoxy) is 2. The monoisotopic (exact) mass is 440 g/mol. The summed E-state index contributed by atoms with van der Waals surface area (Å²) in [6, 6.07) is 11.3. The molecule has 0 radical (unpaired) electrons. The van der Waals surface area contributed by atoms with Crippen molar-refractivity contribution in [2.24, 2.45) is 5.41 Å². The van der Waals surface area contributed by atoms with E-state index in [0.29, 0.717) is 37.3 Å². The molecule has 0 unspecified atom stereocenters. The first-order valence-electron chi connectivity index (χ1n) is 10.9. The van der Waals surface area contributed by atoms with Crippen LogP contribution in [0.4, 0.5) is 5.69 Å². The zero-order valence-corrected chi connectivity index (χ0v) is 19.4. The number of rotatable bonds is 7. The highest BCUT2D eigenvalue weighted by atomic mass is 16.5. The Balaban J connectivity index is 2.05. The number of hydrogen-bond donors (Lipinski definition) is 2. The maximum Gasteiger partial charge on any atom is 0.309 e. The number of carboxylic acids is 1. The van der Waals surface area contributed by atoms with Gasteiger partial charge in [-0.15, -0.1) is 0 Å². The van der Waals surface area contributed by atoms with Gasteiger partial charge in [-0.2, -0.15) is 4.98 Å². The average Bonchev–Trinajstić information content (AvgIpc) is 2.79. The molecule has 0 saturated heterocycles. The van der Waals surface area contributed by atoms with E-state index < -0.39 is 16.8 Å². The highest BCUT2D eigenvalue weighted by molar-refractivity contribution is 6.00. The summed E-state index contributed by atoms with van der Waals surface area (Å²) in [4.78, 5) is 30.0. The molecule has 1 aliphatic carbocycles. The van der Waals surface area contributed by atoms with Crippen LogP contribution in [0, 0.1) is 5.41 Å². The largest absolute Gasteiger partial charge is 0.481 e. The van der Waals surface area contributed by atoms with Gasteiger partial charge in [0.2, 0.25) is 17.7 Å². The van der Waals surface area contributed by atoms with Gasteiger partial charge in [0.25, 0.3) is 0 Å². The van der Waals surface area contributed by atoms with E-state index in [1.807, 2.05) is 18.2 Å². The van der Waals surface area contributed by atoms with E-state index in [2.05, 4.69) is 30.2 Å². The van der Waals surface area contributed by atoms with Crippen molar-refractivity contribution in [3.8, 4) is 11.8 Å². The smallest absolute Gasteiger partial charge is 0.309 e. The zero-order chi connectivity index (χ0) is 23.5. The lowest BCUT2D eigenvalue weighted by Crippen LogP contribution is -2.47. The van der Waals surface area contributed by atoms with Gasteiger partial charge in [0, 0.05) is 6.07 Å². The Hall–Kier alpha value is -3.09. The van der Waals surface area contributed by atoms with E-state index in [9.17, 15) is 14.7 Å². The van der Waals surface area contributed by atoms with E-state index in [0.717, 1.165) is 11.1 Å². The molecule has 1 saturated carbocycles. The van der Waals surface area contributed by atoms with E-state index in [4.69, 9.17) is 9.47 Å². The van der Waals surface area contributed by atoms with Crippen molar-refractivity contribution in [3.05, 3.63) is 47.5 Å². The van der Waals surface area contributed by atoms with Crippen molar-refractivity contribution in [3.63, 3.8) is 0 Å². The summed E-state index contributed by atoms with van der Waals surface area (Å²) in [6.07, 6.45) is 1.72. The van der Waals surface area contributed by atoms with Gasteiger partial charge >= 0.3 is 5.97 Å². The van der Waals surface area contributed by atoms with Gasteiger partial charge < -0.3 is 19.9 Å². The SMILES string of the molecule is COc1ccc(NC(=O)C2(c3ccccc3C(C)C)CCC(C)(C(=O)O)CC2)c(OC)n1.